The summed E-state index contributed by atoms with van der Waals surface area (Å²) in [5.74, 6) is 2.34. The summed E-state index contributed by atoms with van der Waals surface area (Å²) in [6, 6.07) is 5.66. The number of phenols is 1. The van der Waals surface area contributed by atoms with Gasteiger partial charge in [0.15, 0.2) is 5.96 Å². The summed E-state index contributed by atoms with van der Waals surface area (Å²) in [5, 5.41) is 17.0. The number of aromatic hydroxyl groups is 1. The number of hydrogen-bond acceptors (Lipinski definition) is 5. The van der Waals surface area contributed by atoms with E-state index in [1.165, 1.54) is 0 Å². The van der Waals surface area contributed by atoms with E-state index in [0.717, 1.165) is 63.8 Å². The van der Waals surface area contributed by atoms with Crippen LogP contribution in [0.1, 0.15) is 39.2 Å². The molecule has 0 radical (unpaired) electrons. The molecular weight excluding hydrogens is 495 g/mol. The molecule has 0 bridgehead atoms. The summed E-state index contributed by atoms with van der Waals surface area (Å²) in [6.07, 6.45) is 2.32. The molecule has 30 heavy (non-hydrogen) atoms. The van der Waals surface area contributed by atoms with Gasteiger partial charge in [-0.1, -0.05) is 26.7 Å². The number of methoxy groups -OCH3 is 1. The number of morpholine rings is 1. The summed E-state index contributed by atoms with van der Waals surface area (Å²) in [5.41, 5.74) is 0.742. The lowest BCUT2D eigenvalue weighted by atomic mass is 9.92. The maximum Gasteiger partial charge on any atom is 0.191 e. The van der Waals surface area contributed by atoms with Crippen LogP contribution < -0.4 is 15.4 Å². The Morgan fingerprint density at radius 2 is 1.90 bits per heavy atom. The van der Waals surface area contributed by atoms with E-state index in [9.17, 15) is 5.11 Å². The smallest absolute Gasteiger partial charge is 0.191 e. The van der Waals surface area contributed by atoms with E-state index in [0.29, 0.717) is 24.3 Å². The van der Waals surface area contributed by atoms with Gasteiger partial charge in [-0.15, -0.1) is 24.0 Å². The zero-order chi connectivity index (χ0) is 21.1. The molecule has 1 heterocycles. The van der Waals surface area contributed by atoms with Gasteiger partial charge in [0.25, 0.3) is 0 Å². The number of aliphatic imine (C=N–C) groups is 1. The van der Waals surface area contributed by atoms with Crippen LogP contribution in [0.25, 0.3) is 0 Å². The zero-order valence-corrected chi connectivity index (χ0v) is 21.1. The van der Waals surface area contributed by atoms with Gasteiger partial charge in [0, 0.05) is 37.8 Å². The van der Waals surface area contributed by atoms with Crippen LogP contribution in [0.3, 0.4) is 0 Å². The zero-order valence-electron chi connectivity index (χ0n) is 18.8. The predicted molar refractivity (Wildman–Crippen MR) is 133 cm³/mol. The highest BCUT2D eigenvalue weighted by atomic mass is 127. The first-order chi connectivity index (χ1) is 14.1. The van der Waals surface area contributed by atoms with Crippen molar-refractivity contribution in [1.82, 2.24) is 15.5 Å². The van der Waals surface area contributed by atoms with Gasteiger partial charge in [0.1, 0.15) is 11.5 Å². The third-order valence-electron chi connectivity index (χ3n) is 5.62. The minimum absolute atomic E-state index is 0. The van der Waals surface area contributed by atoms with Gasteiger partial charge in [-0.05, 0) is 31.0 Å². The molecule has 1 aliphatic heterocycles. The Balaban J connectivity index is 0.00000450. The Bertz CT molecular complexity index is 635. The molecule has 1 fully saturated rings. The second-order valence-electron chi connectivity index (χ2n) is 7.36. The highest BCUT2D eigenvalue weighted by Crippen LogP contribution is 2.23. The van der Waals surface area contributed by atoms with E-state index in [1.54, 1.807) is 19.2 Å². The normalized spacial score (nSPS) is 16.1. The van der Waals surface area contributed by atoms with Gasteiger partial charge in [0.2, 0.25) is 0 Å². The summed E-state index contributed by atoms with van der Waals surface area (Å²) >= 11 is 0. The first-order valence-corrected chi connectivity index (χ1v) is 10.8. The van der Waals surface area contributed by atoms with Crippen LogP contribution in [0.4, 0.5) is 0 Å². The first-order valence-electron chi connectivity index (χ1n) is 10.8. The third-order valence-corrected chi connectivity index (χ3v) is 5.62. The van der Waals surface area contributed by atoms with E-state index in [1.807, 2.05) is 6.07 Å². The molecule has 0 spiro atoms. The van der Waals surface area contributed by atoms with Crippen molar-refractivity contribution in [2.45, 2.75) is 46.2 Å². The molecule has 1 unspecified atom stereocenters. The highest BCUT2D eigenvalue weighted by molar-refractivity contribution is 14.0. The fourth-order valence-corrected chi connectivity index (χ4v) is 3.86. The van der Waals surface area contributed by atoms with Crippen molar-refractivity contribution in [1.29, 1.82) is 0 Å². The Labute approximate surface area is 198 Å². The maximum absolute atomic E-state index is 10.1. The molecule has 1 aliphatic rings. The van der Waals surface area contributed by atoms with Crippen LogP contribution in [0.5, 0.6) is 11.5 Å². The van der Waals surface area contributed by atoms with Crippen molar-refractivity contribution in [3.05, 3.63) is 23.8 Å². The molecule has 0 aliphatic carbocycles. The number of guanidine groups is 1. The SMILES string of the molecule is CCNC(=NCc1cc(OC)ccc1O)NCC(C(CC)CC)N1CCOCC1.I. The van der Waals surface area contributed by atoms with Gasteiger partial charge in [-0.25, -0.2) is 4.99 Å². The molecule has 7 nitrogen and oxygen atoms in total. The number of benzene rings is 1. The van der Waals surface area contributed by atoms with Gasteiger partial charge >= 0.3 is 0 Å². The summed E-state index contributed by atoms with van der Waals surface area (Å²) in [6.45, 7) is 12.2. The Hall–Kier alpha value is -1.26. The fraction of sp³-hybridized carbons (Fsp3) is 0.682. The number of ether oxygens (including phenoxy) is 2. The standard InChI is InChI=1S/C22H38N4O3.HI/c1-5-17(6-2)20(26-10-12-29-13-11-26)16-25-22(23-7-3)24-15-18-14-19(28-4)8-9-21(18)27;/h8-9,14,17,20,27H,5-7,10-13,15-16H2,1-4H3,(H2,23,24,25);1H. The number of phenolic OH excluding ortho intramolecular Hbond substituents is 1. The second kappa shape index (κ2) is 14.7. The van der Waals surface area contributed by atoms with Gasteiger partial charge in [-0.3, -0.25) is 4.90 Å². The van der Waals surface area contributed by atoms with Crippen LogP contribution in [0, 0.1) is 5.92 Å². The summed E-state index contributed by atoms with van der Waals surface area (Å²) in [4.78, 5) is 7.23. The Morgan fingerprint density at radius 3 is 2.50 bits per heavy atom. The molecule has 1 saturated heterocycles. The lowest BCUT2D eigenvalue weighted by Crippen LogP contribution is -2.53. The quantitative estimate of drug-likeness (QED) is 0.243. The van der Waals surface area contributed by atoms with Crippen molar-refractivity contribution in [3.8, 4) is 11.5 Å². The molecule has 3 N–H and O–H groups in total. The highest BCUT2D eigenvalue weighted by Gasteiger charge is 2.27. The largest absolute Gasteiger partial charge is 0.508 e. The molecule has 8 heteroatoms. The van der Waals surface area contributed by atoms with Crippen molar-refractivity contribution in [2.24, 2.45) is 10.9 Å². The first kappa shape index (κ1) is 26.8. The molecule has 1 aromatic carbocycles. The van der Waals surface area contributed by atoms with Gasteiger partial charge in [-0.2, -0.15) is 0 Å². The minimum atomic E-state index is 0. The molecule has 0 aromatic heterocycles. The van der Waals surface area contributed by atoms with Gasteiger partial charge < -0.3 is 25.2 Å². The molecule has 1 atom stereocenters. The van der Waals surface area contributed by atoms with Crippen LogP contribution in [0.2, 0.25) is 0 Å². The van der Waals surface area contributed by atoms with Crippen molar-refractivity contribution < 1.29 is 14.6 Å². The number of nitrogens with one attached hydrogen (secondary N) is 2. The second-order valence-corrected chi connectivity index (χ2v) is 7.36. The predicted octanol–water partition coefficient (Wildman–Crippen LogP) is 3.21. The number of hydrogen-bond donors (Lipinski definition) is 3. The lowest BCUT2D eigenvalue weighted by molar-refractivity contribution is 0.00272. The van der Waals surface area contributed by atoms with Crippen molar-refractivity contribution >= 4 is 29.9 Å². The number of nitrogens with zero attached hydrogens (tertiary/aromatic N) is 2. The fourth-order valence-electron chi connectivity index (χ4n) is 3.86. The Kier molecular flexibility index (Phi) is 13.1. The van der Waals surface area contributed by atoms with E-state index in [4.69, 9.17) is 9.47 Å². The molecular formula is C22H39IN4O3. The van der Waals surface area contributed by atoms with Crippen molar-refractivity contribution in [2.75, 3.05) is 46.5 Å². The topological polar surface area (TPSA) is 78.4 Å². The molecule has 0 amide bonds. The number of rotatable bonds is 10. The lowest BCUT2D eigenvalue weighted by Gasteiger charge is -2.39. The van der Waals surface area contributed by atoms with Crippen LogP contribution in [-0.4, -0.2) is 68.5 Å². The monoisotopic (exact) mass is 534 g/mol. The van der Waals surface area contributed by atoms with E-state index in [2.05, 4.69) is 41.3 Å². The summed E-state index contributed by atoms with van der Waals surface area (Å²) in [7, 11) is 1.62. The average molecular weight is 534 g/mol. The molecule has 172 valence electrons. The van der Waals surface area contributed by atoms with E-state index in [-0.39, 0.29) is 29.7 Å². The van der Waals surface area contributed by atoms with E-state index >= 15 is 0 Å². The van der Waals surface area contributed by atoms with Crippen LogP contribution in [-0.2, 0) is 11.3 Å². The van der Waals surface area contributed by atoms with Crippen LogP contribution >= 0.6 is 24.0 Å². The van der Waals surface area contributed by atoms with Gasteiger partial charge in [0.05, 0.1) is 26.9 Å². The van der Waals surface area contributed by atoms with Crippen LogP contribution in [0.15, 0.2) is 23.2 Å². The van der Waals surface area contributed by atoms with E-state index < -0.39 is 0 Å². The Morgan fingerprint density at radius 1 is 1.20 bits per heavy atom. The minimum Gasteiger partial charge on any atom is -0.508 e. The molecule has 2 rings (SSSR count). The molecule has 1 aromatic rings. The third kappa shape index (κ3) is 8.11. The average Bonchev–Trinajstić information content (AvgIpc) is 2.76. The number of halogens is 1. The maximum atomic E-state index is 10.1. The molecule has 0 saturated carbocycles. The van der Waals surface area contributed by atoms with Crippen molar-refractivity contribution in [3.63, 3.8) is 0 Å². The summed E-state index contributed by atoms with van der Waals surface area (Å²) < 4.78 is 10.8.